The van der Waals surface area contributed by atoms with E-state index in [9.17, 15) is 4.79 Å². The summed E-state index contributed by atoms with van der Waals surface area (Å²) in [6.07, 6.45) is 0. The first-order valence-corrected chi connectivity index (χ1v) is 7.89. The molecule has 2 atom stereocenters. The molecule has 2 saturated heterocycles. The number of amides is 2. The van der Waals surface area contributed by atoms with Gasteiger partial charge in [0.2, 0.25) is 0 Å². The monoisotopic (exact) mass is 327 g/mol. The largest absolute Gasteiger partial charge is 0.322 e. The van der Waals surface area contributed by atoms with Gasteiger partial charge in [-0.15, -0.1) is 0 Å². The molecule has 0 spiro atoms. The van der Waals surface area contributed by atoms with Crippen molar-refractivity contribution in [2.45, 2.75) is 19.4 Å². The lowest BCUT2D eigenvalue weighted by atomic mass is 9.85. The van der Waals surface area contributed by atoms with Crippen LogP contribution in [0.1, 0.15) is 13.8 Å². The minimum Gasteiger partial charge on any atom is -0.319 e. The lowest BCUT2D eigenvalue weighted by Gasteiger charge is -2.35. The Bertz CT molecular complexity index is 556. The smallest absolute Gasteiger partial charge is 0.319 e. The number of nitrogens with zero attached hydrogens (tertiary/aromatic N) is 1. The van der Waals surface area contributed by atoms with Crippen LogP contribution in [-0.2, 0) is 0 Å². The van der Waals surface area contributed by atoms with Crippen LogP contribution in [0.3, 0.4) is 0 Å². The van der Waals surface area contributed by atoms with Gasteiger partial charge in [0.05, 0.1) is 0 Å². The van der Waals surface area contributed by atoms with Crippen LogP contribution in [0, 0.1) is 11.8 Å². The molecule has 6 heteroatoms. The number of anilines is 1. The fraction of sp³-hybridized carbons (Fsp3) is 0.533. The van der Waals surface area contributed by atoms with Crippen LogP contribution < -0.4 is 10.6 Å². The summed E-state index contributed by atoms with van der Waals surface area (Å²) in [5, 5.41) is 7.35. The fourth-order valence-electron chi connectivity index (χ4n) is 3.58. The van der Waals surface area contributed by atoms with Gasteiger partial charge < -0.3 is 15.5 Å². The van der Waals surface area contributed by atoms with Crippen molar-refractivity contribution < 1.29 is 4.79 Å². The normalized spacial score (nSPS) is 26.8. The van der Waals surface area contributed by atoms with Gasteiger partial charge in [-0.25, -0.2) is 4.79 Å². The predicted molar refractivity (Wildman–Crippen MR) is 86.1 cm³/mol. The Hall–Kier alpha value is -0.970. The zero-order valence-corrected chi connectivity index (χ0v) is 13.6. The van der Waals surface area contributed by atoms with Crippen molar-refractivity contribution in [2.75, 3.05) is 25.0 Å². The summed E-state index contributed by atoms with van der Waals surface area (Å²) in [5.74, 6) is 1.04. The van der Waals surface area contributed by atoms with Crippen LogP contribution in [0.25, 0.3) is 0 Å². The maximum absolute atomic E-state index is 12.6. The average molecular weight is 328 g/mol. The van der Waals surface area contributed by atoms with Gasteiger partial charge in [0.15, 0.2) is 0 Å². The topological polar surface area (TPSA) is 44.4 Å². The Labute approximate surface area is 134 Å². The molecular weight excluding hydrogens is 309 g/mol. The quantitative estimate of drug-likeness (QED) is 0.829. The molecule has 1 aromatic carbocycles. The molecule has 2 unspecified atom stereocenters. The molecule has 2 heterocycles. The summed E-state index contributed by atoms with van der Waals surface area (Å²) < 4.78 is 0. The second-order valence-corrected chi connectivity index (χ2v) is 7.25. The highest BCUT2D eigenvalue weighted by atomic mass is 35.5. The van der Waals surface area contributed by atoms with Gasteiger partial charge in [-0.3, -0.25) is 0 Å². The maximum Gasteiger partial charge on any atom is 0.322 e. The highest BCUT2D eigenvalue weighted by Gasteiger charge is 2.51. The number of benzene rings is 1. The number of carbonyl (C=O) groups is 1. The minimum absolute atomic E-state index is 0.0901. The second kappa shape index (κ2) is 5.34. The molecule has 0 aliphatic carbocycles. The molecule has 2 aliphatic heterocycles. The zero-order chi connectivity index (χ0) is 15.2. The van der Waals surface area contributed by atoms with Crippen LogP contribution >= 0.6 is 23.2 Å². The molecule has 114 valence electrons. The Balaban J connectivity index is 1.76. The zero-order valence-electron chi connectivity index (χ0n) is 12.1. The van der Waals surface area contributed by atoms with Crippen LogP contribution in [-0.4, -0.2) is 36.1 Å². The Morgan fingerprint density at radius 2 is 1.95 bits per heavy atom. The van der Waals surface area contributed by atoms with Crippen molar-refractivity contribution in [2.24, 2.45) is 11.8 Å². The van der Waals surface area contributed by atoms with Crippen LogP contribution in [0.4, 0.5) is 10.5 Å². The van der Waals surface area contributed by atoms with Gasteiger partial charge in [0.1, 0.15) is 0 Å². The third-order valence-corrected chi connectivity index (χ3v) is 5.16. The minimum atomic E-state index is -0.152. The summed E-state index contributed by atoms with van der Waals surface area (Å²) >= 11 is 11.9. The van der Waals surface area contributed by atoms with E-state index in [0.717, 1.165) is 19.6 Å². The SMILES string of the molecule is CC1(C)C2CNCC2CN1C(=O)Nc1cc(Cl)cc(Cl)c1. The lowest BCUT2D eigenvalue weighted by Crippen LogP contribution is -2.49. The molecule has 4 nitrogen and oxygen atoms in total. The van der Waals surface area contributed by atoms with E-state index in [2.05, 4.69) is 24.5 Å². The van der Waals surface area contributed by atoms with Crippen molar-refractivity contribution in [3.05, 3.63) is 28.2 Å². The Morgan fingerprint density at radius 1 is 1.29 bits per heavy atom. The first-order valence-electron chi connectivity index (χ1n) is 7.13. The standard InChI is InChI=1S/C15H19Cl2N3O/c1-15(2)13-7-18-6-9(13)8-20(15)14(21)19-12-4-10(16)3-11(17)5-12/h3-5,9,13,18H,6-8H2,1-2H3,(H,19,21). The molecule has 2 amide bonds. The molecule has 1 aromatic rings. The molecule has 0 aromatic heterocycles. The number of hydrogen-bond acceptors (Lipinski definition) is 2. The van der Waals surface area contributed by atoms with Crippen LogP contribution in [0.5, 0.6) is 0 Å². The molecular formula is C15H19Cl2N3O. The first-order chi connectivity index (χ1) is 9.88. The summed E-state index contributed by atoms with van der Waals surface area (Å²) in [6.45, 7) is 7.01. The number of likely N-dealkylation sites (tertiary alicyclic amines) is 1. The molecule has 0 radical (unpaired) electrons. The van der Waals surface area contributed by atoms with Gasteiger partial charge in [-0.2, -0.15) is 0 Å². The number of carbonyl (C=O) groups excluding carboxylic acids is 1. The third kappa shape index (κ3) is 2.72. The van der Waals surface area contributed by atoms with Gasteiger partial charge in [-0.05, 0) is 43.9 Å². The number of nitrogens with one attached hydrogen (secondary N) is 2. The van der Waals surface area contributed by atoms with E-state index < -0.39 is 0 Å². The van der Waals surface area contributed by atoms with Gasteiger partial charge in [0, 0.05) is 40.9 Å². The number of halogens is 2. The number of fused-ring (bicyclic) bond motifs is 1. The van der Waals surface area contributed by atoms with E-state index >= 15 is 0 Å². The highest BCUT2D eigenvalue weighted by Crippen LogP contribution is 2.40. The number of rotatable bonds is 1. The first kappa shape index (κ1) is 14.9. The maximum atomic E-state index is 12.6. The summed E-state index contributed by atoms with van der Waals surface area (Å²) in [7, 11) is 0. The molecule has 0 bridgehead atoms. The molecule has 2 aliphatic rings. The van der Waals surface area contributed by atoms with Crippen molar-refractivity contribution in [1.82, 2.24) is 10.2 Å². The Kier molecular flexibility index (Phi) is 3.80. The van der Waals surface area contributed by atoms with Crippen LogP contribution in [0.15, 0.2) is 18.2 Å². The number of hydrogen-bond donors (Lipinski definition) is 2. The summed E-state index contributed by atoms with van der Waals surface area (Å²) in [4.78, 5) is 14.5. The summed E-state index contributed by atoms with van der Waals surface area (Å²) in [5.41, 5.74) is 0.476. The van der Waals surface area contributed by atoms with Crippen LogP contribution in [0.2, 0.25) is 10.0 Å². The molecule has 2 N–H and O–H groups in total. The van der Waals surface area contributed by atoms with E-state index in [4.69, 9.17) is 23.2 Å². The second-order valence-electron chi connectivity index (χ2n) is 6.38. The van der Waals surface area contributed by atoms with E-state index in [1.54, 1.807) is 18.2 Å². The Morgan fingerprint density at radius 3 is 2.57 bits per heavy atom. The van der Waals surface area contributed by atoms with E-state index in [-0.39, 0.29) is 11.6 Å². The van der Waals surface area contributed by atoms with Gasteiger partial charge in [0.25, 0.3) is 0 Å². The van der Waals surface area contributed by atoms with Crippen molar-refractivity contribution in [3.8, 4) is 0 Å². The van der Waals surface area contributed by atoms with Gasteiger partial charge in [-0.1, -0.05) is 23.2 Å². The lowest BCUT2D eigenvalue weighted by molar-refractivity contribution is 0.157. The van der Waals surface area contributed by atoms with E-state index in [1.165, 1.54) is 0 Å². The average Bonchev–Trinajstić information content (AvgIpc) is 2.90. The third-order valence-electron chi connectivity index (χ3n) is 4.72. The van der Waals surface area contributed by atoms with Crippen molar-refractivity contribution in [1.29, 1.82) is 0 Å². The number of urea groups is 1. The highest BCUT2D eigenvalue weighted by molar-refractivity contribution is 6.35. The van der Waals surface area contributed by atoms with E-state index in [1.807, 2.05) is 4.90 Å². The molecule has 3 rings (SSSR count). The van der Waals surface area contributed by atoms with Crippen molar-refractivity contribution in [3.63, 3.8) is 0 Å². The van der Waals surface area contributed by atoms with E-state index in [0.29, 0.717) is 27.6 Å². The molecule has 2 fully saturated rings. The molecule has 0 saturated carbocycles. The fourth-order valence-corrected chi connectivity index (χ4v) is 4.11. The molecule has 21 heavy (non-hydrogen) atoms. The summed E-state index contributed by atoms with van der Waals surface area (Å²) in [6, 6.07) is 4.97. The van der Waals surface area contributed by atoms with Crippen molar-refractivity contribution >= 4 is 34.9 Å². The van der Waals surface area contributed by atoms with Gasteiger partial charge >= 0.3 is 6.03 Å². The predicted octanol–water partition coefficient (Wildman–Crippen LogP) is 3.46.